The average Bonchev–Trinajstić information content (AvgIpc) is 2.33. The summed E-state index contributed by atoms with van der Waals surface area (Å²) in [5.41, 5.74) is -1.36. The molecule has 104 valence electrons. The fourth-order valence-electron chi connectivity index (χ4n) is 1.11. The zero-order chi connectivity index (χ0) is 14.5. The van der Waals surface area contributed by atoms with Gasteiger partial charge < -0.3 is 20.1 Å². The smallest absolute Gasteiger partial charge is 0.329 e. The van der Waals surface area contributed by atoms with E-state index in [0.717, 1.165) is 4.90 Å². The number of amides is 2. The van der Waals surface area contributed by atoms with Crippen LogP contribution in [0.1, 0.15) is 27.2 Å². The number of carbonyl (C=O) groups is 3. The maximum absolute atomic E-state index is 11.8. The number of carboxylic acid groups (broad SMARTS) is 1. The van der Waals surface area contributed by atoms with Gasteiger partial charge in [0.15, 0.2) is 0 Å². The summed E-state index contributed by atoms with van der Waals surface area (Å²) in [6.45, 7) is 4.51. The summed E-state index contributed by atoms with van der Waals surface area (Å²) in [4.78, 5) is 35.2. The lowest BCUT2D eigenvalue weighted by Gasteiger charge is -2.32. The van der Waals surface area contributed by atoms with Gasteiger partial charge in [-0.2, -0.15) is 0 Å². The highest BCUT2D eigenvalue weighted by molar-refractivity contribution is 5.88. The van der Waals surface area contributed by atoms with Gasteiger partial charge in [0.2, 0.25) is 0 Å². The zero-order valence-corrected chi connectivity index (χ0v) is 11.3. The minimum absolute atomic E-state index is 0.361. The number of methoxy groups -OCH3 is 1. The van der Waals surface area contributed by atoms with E-state index >= 15 is 0 Å². The second kappa shape index (κ2) is 6.23. The monoisotopic (exact) mass is 260 g/mol. The number of carbonyl (C=O) groups excluding carboxylic acids is 2. The van der Waals surface area contributed by atoms with Crippen molar-refractivity contribution in [2.45, 2.75) is 38.8 Å². The van der Waals surface area contributed by atoms with Crippen molar-refractivity contribution in [3.63, 3.8) is 0 Å². The van der Waals surface area contributed by atoms with Gasteiger partial charge in [0, 0.05) is 7.05 Å². The van der Waals surface area contributed by atoms with Crippen LogP contribution in [0.2, 0.25) is 0 Å². The molecule has 2 amide bonds. The number of aliphatic carboxylic acids is 1. The molecule has 7 nitrogen and oxygen atoms in total. The molecule has 0 aromatic rings. The molecular formula is C11H20N2O5. The number of rotatable bonds is 5. The normalized spacial score (nSPS) is 12.5. The highest BCUT2D eigenvalue weighted by Crippen LogP contribution is 2.12. The van der Waals surface area contributed by atoms with E-state index in [-0.39, 0.29) is 0 Å². The molecule has 0 bridgehead atoms. The Morgan fingerprint density at radius 1 is 1.39 bits per heavy atom. The molecule has 0 aliphatic rings. The summed E-state index contributed by atoms with van der Waals surface area (Å²) in [5.74, 6) is -1.70. The van der Waals surface area contributed by atoms with Crippen LogP contribution in [0.15, 0.2) is 0 Å². The number of likely N-dealkylation sites (N-methyl/N-ethyl adjacent to an activating group) is 1. The average molecular weight is 260 g/mol. The number of hydrogen-bond acceptors (Lipinski definition) is 4. The van der Waals surface area contributed by atoms with Crippen molar-refractivity contribution in [2.75, 3.05) is 14.2 Å². The molecule has 7 heteroatoms. The Morgan fingerprint density at radius 3 is 2.22 bits per heavy atom. The third kappa shape index (κ3) is 3.61. The summed E-state index contributed by atoms with van der Waals surface area (Å²) in [5, 5.41) is 11.4. The molecule has 0 aliphatic carbocycles. The molecule has 0 aromatic heterocycles. The topological polar surface area (TPSA) is 95.9 Å². The molecule has 0 saturated heterocycles. The molecule has 1 unspecified atom stereocenters. The minimum atomic E-state index is -1.36. The van der Waals surface area contributed by atoms with E-state index in [0.29, 0.717) is 6.42 Å². The van der Waals surface area contributed by atoms with Crippen LogP contribution in [0.3, 0.4) is 0 Å². The Hall–Kier alpha value is -1.79. The summed E-state index contributed by atoms with van der Waals surface area (Å²) in [7, 11) is 2.58. The molecule has 0 saturated carbocycles. The van der Waals surface area contributed by atoms with Gasteiger partial charge >= 0.3 is 18.0 Å². The first-order valence-corrected chi connectivity index (χ1v) is 5.54. The van der Waals surface area contributed by atoms with Crippen LogP contribution < -0.4 is 5.32 Å². The number of nitrogens with zero attached hydrogens (tertiary/aromatic N) is 1. The highest BCUT2D eigenvalue weighted by atomic mass is 16.5. The number of ether oxygens (including phenoxy) is 1. The highest BCUT2D eigenvalue weighted by Gasteiger charge is 2.36. The number of hydrogen-bond donors (Lipinski definition) is 2. The van der Waals surface area contributed by atoms with Crippen molar-refractivity contribution >= 4 is 18.0 Å². The Balaban J connectivity index is 4.76. The molecule has 0 spiro atoms. The molecule has 0 rings (SSSR count). The predicted octanol–water partition coefficient (Wildman–Crippen LogP) is 0.443. The number of carboxylic acids is 1. The first-order chi connectivity index (χ1) is 8.18. The Labute approximate surface area is 106 Å². The van der Waals surface area contributed by atoms with E-state index in [4.69, 9.17) is 5.11 Å². The lowest BCUT2D eigenvalue weighted by molar-refractivity contribution is -0.146. The van der Waals surface area contributed by atoms with Crippen molar-refractivity contribution in [1.82, 2.24) is 10.2 Å². The Kier molecular flexibility index (Phi) is 5.61. The van der Waals surface area contributed by atoms with E-state index in [1.165, 1.54) is 28.0 Å². The number of urea groups is 1. The van der Waals surface area contributed by atoms with Gasteiger partial charge in [-0.15, -0.1) is 0 Å². The molecule has 0 heterocycles. The van der Waals surface area contributed by atoms with Crippen molar-refractivity contribution < 1.29 is 24.2 Å². The Bertz CT molecular complexity index is 340. The molecule has 2 N–H and O–H groups in total. The van der Waals surface area contributed by atoms with Gasteiger partial charge in [0.1, 0.15) is 11.6 Å². The third-order valence-corrected chi connectivity index (χ3v) is 2.86. The zero-order valence-electron chi connectivity index (χ0n) is 11.3. The predicted molar refractivity (Wildman–Crippen MR) is 64.1 cm³/mol. The summed E-state index contributed by atoms with van der Waals surface area (Å²) < 4.78 is 4.53. The van der Waals surface area contributed by atoms with E-state index in [2.05, 4.69) is 10.1 Å². The van der Waals surface area contributed by atoms with Crippen LogP contribution in [0, 0.1) is 0 Å². The van der Waals surface area contributed by atoms with Crippen molar-refractivity contribution in [2.24, 2.45) is 0 Å². The molecule has 0 fully saturated rings. The number of nitrogens with one attached hydrogen (secondary N) is 1. The van der Waals surface area contributed by atoms with Gasteiger partial charge in [0.05, 0.1) is 7.11 Å². The van der Waals surface area contributed by atoms with Crippen LogP contribution in [-0.4, -0.2) is 53.7 Å². The third-order valence-electron chi connectivity index (χ3n) is 2.86. The van der Waals surface area contributed by atoms with Crippen LogP contribution in [0.4, 0.5) is 4.79 Å². The van der Waals surface area contributed by atoms with Crippen LogP contribution >= 0.6 is 0 Å². The molecular weight excluding hydrogens is 240 g/mol. The molecule has 0 aromatic carbocycles. The quantitative estimate of drug-likeness (QED) is 0.699. The van der Waals surface area contributed by atoms with E-state index in [1.54, 1.807) is 6.92 Å². The van der Waals surface area contributed by atoms with Crippen molar-refractivity contribution in [3.05, 3.63) is 0 Å². The van der Waals surface area contributed by atoms with Crippen molar-refractivity contribution in [1.29, 1.82) is 0 Å². The first kappa shape index (κ1) is 16.2. The lowest BCUT2D eigenvalue weighted by atomic mass is 10.0. The van der Waals surface area contributed by atoms with Gasteiger partial charge in [0.25, 0.3) is 0 Å². The van der Waals surface area contributed by atoms with Crippen LogP contribution in [-0.2, 0) is 14.3 Å². The molecule has 0 radical (unpaired) electrons. The SMILES string of the molecule is CCC(NC(=O)N(C)C(C)(C)C(=O)O)C(=O)OC. The van der Waals surface area contributed by atoms with E-state index < -0.39 is 29.6 Å². The summed E-state index contributed by atoms with van der Waals surface area (Å²) in [6.07, 6.45) is 0.361. The van der Waals surface area contributed by atoms with Crippen molar-refractivity contribution in [3.8, 4) is 0 Å². The molecule has 0 aliphatic heterocycles. The van der Waals surface area contributed by atoms with E-state index in [9.17, 15) is 14.4 Å². The standard InChI is InChI=1S/C11H20N2O5/c1-6-7(8(14)18-5)12-10(17)13(4)11(2,3)9(15)16/h7H,6H2,1-5H3,(H,12,17)(H,15,16). The van der Waals surface area contributed by atoms with Crippen LogP contribution in [0.25, 0.3) is 0 Å². The number of esters is 1. The van der Waals surface area contributed by atoms with Gasteiger partial charge in [-0.1, -0.05) is 6.92 Å². The first-order valence-electron chi connectivity index (χ1n) is 5.54. The lowest BCUT2D eigenvalue weighted by Crippen LogP contribution is -2.56. The molecule has 18 heavy (non-hydrogen) atoms. The summed E-state index contributed by atoms with van der Waals surface area (Å²) >= 11 is 0. The largest absolute Gasteiger partial charge is 0.480 e. The van der Waals surface area contributed by atoms with Gasteiger partial charge in [-0.05, 0) is 20.3 Å². The fourth-order valence-corrected chi connectivity index (χ4v) is 1.11. The van der Waals surface area contributed by atoms with Crippen LogP contribution in [0.5, 0.6) is 0 Å². The van der Waals surface area contributed by atoms with Gasteiger partial charge in [-0.3, -0.25) is 0 Å². The Morgan fingerprint density at radius 2 is 1.89 bits per heavy atom. The maximum atomic E-state index is 11.8. The maximum Gasteiger partial charge on any atom is 0.329 e. The summed E-state index contributed by atoms with van der Waals surface area (Å²) in [6, 6.07) is -1.42. The molecule has 1 atom stereocenters. The minimum Gasteiger partial charge on any atom is -0.480 e. The van der Waals surface area contributed by atoms with E-state index in [1.807, 2.05) is 0 Å². The second-order valence-corrected chi connectivity index (χ2v) is 4.36. The second-order valence-electron chi connectivity index (χ2n) is 4.36. The fraction of sp³-hybridized carbons (Fsp3) is 0.727. The van der Waals surface area contributed by atoms with Gasteiger partial charge in [-0.25, -0.2) is 14.4 Å².